The zero-order valence-electron chi connectivity index (χ0n) is 20.9. The number of anilines is 1. The predicted molar refractivity (Wildman–Crippen MR) is 144 cm³/mol. The summed E-state index contributed by atoms with van der Waals surface area (Å²) in [4.78, 5) is 30.3. The van der Waals surface area contributed by atoms with Crippen LogP contribution in [0.25, 0.3) is 10.9 Å². The van der Waals surface area contributed by atoms with E-state index in [1.165, 1.54) is 5.56 Å². The van der Waals surface area contributed by atoms with E-state index in [1.54, 1.807) is 0 Å². The molecule has 1 fully saturated rings. The Hall–Kier alpha value is -3.90. The number of para-hydroxylation sites is 2. The van der Waals surface area contributed by atoms with Gasteiger partial charge in [0.15, 0.2) is 0 Å². The first kappa shape index (κ1) is 23.8. The van der Waals surface area contributed by atoms with Crippen LogP contribution in [0.5, 0.6) is 0 Å². The van der Waals surface area contributed by atoms with Crippen molar-refractivity contribution in [2.45, 2.75) is 20.4 Å². The molecule has 0 spiro atoms. The summed E-state index contributed by atoms with van der Waals surface area (Å²) < 4.78 is 2.16. The maximum absolute atomic E-state index is 13.5. The van der Waals surface area contributed by atoms with E-state index in [-0.39, 0.29) is 11.8 Å². The summed E-state index contributed by atoms with van der Waals surface area (Å²) in [6.45, 7) is 7.61. The van der Waals surface area contributed by atoms with Crippen molar-refractivity contribution in [2.75, 3.05) is 38.0 Å². The smallest absolute Gasteiger partial charge is 0.256 e. The van der Waals surface area contributed by atoms with E-state index in [1.807, 2.05) is 79.5 Å². The number of rotatable bonds is 6. The molecule has 184 valence electrons. The lowest BCUT2D eigenvalue weighted by Gasteiger charge is -2.34. The molecule has 36 heavy (non-hydrogen) atoms. The third-order valence-corrected chi connectivity index (χ3v) is 6.99. The van der Waals surface area contributed by atoms with E-state index >= 15 is 0 Å². The molecule has 3 aromatic carbocycles. The highest BCUT2D eigenvalue weighted by molar-refractivity contribution is 6.07. The number of amides is 2. The Morgan fingerprint density at radius 1 is 0.806 bits per heavy atom. The molecule has 2 amide bonds. The van der Waals surface area contributed by atoms with Crippen molar-refractivity contribution < 1.29 is 9.59 Å². The minimum atomic E-state index is -0.0174. The average molecular weight is 481 g/mol. The number of aryl methyl sites for hydroxylation is 2. The van der Waals surface area contributed by atoms with Crippen molar-refractivity contribution in [3.63, 3.8) is 0 Å². The lowest BCUT2D eigenvalue weighted by atomic mass is 10.1. The van der Waals surface area contributed by atoms with Gasteiger partial charge in [0.25, 0.3) is 5.91 Å². The van der Waals surface area contributed by atoms with Gasteiger partial charge in [-0.3, -0.25) is 14.5 Å². The number of nitrogens with one attached hydrogen (secondary N) is 1. The Morgan fingerprint density at radius 2 is 1.47 bits per heavy atom. The van der Waals surface area contributed by atoms with Gasteiger partial charge in [0.1, 0.15) is 0 Å². The van der Waals surface area contributed by atoms with Crippen LogP contribution in [0, 0.1) is 13.8 Å². The molecule has 6 heteroatoms. The zero-order valence-corrected chi connectivity index (χ0v) is 20.9. The van der Waals surface area contributed by atoms with Crippen LogP contribution in [-0.2, 0) is 11.3 Å². The first-order chi connectivity index (χ1) is 17.5. The molecular formula is C30H32N4O2. The second kappa shape index (κ2) is 10.4. The van der Waals surface area contributed by atoms with E-state index in [2.05, 4.69) is 33.0 Å². The number of hydrogen-bond donors (Lipinski definition) is 1. The van der Waals surface area contributed by atoms with Crippen molar-refractivity contribution in [3.8, 4) is 0 Å². The maximum Gasteiger partial charge on any atom is 0.256 e. The van der Waals surface area contributed by atoms with E-state index in [9.17, 15) is 9.59 Å². The van der Waals surface area contributed by atoms with Gasteiger partial charge in [-0.15, -0.1) is 0 Å². The number of hydrogen-bond acceptors (Lipinski definition) is 3. The zero-order chi connectivity index (χ0) is 25.1. The molecule has 5 rings (SSSR count). The third-order valence-electron chi connectivity index (χ3n) is 6.99. The van der Waals surface area contributed by atoms with Crippen molar-refractivity contribution in [1.82, 2.24) is 14.4 Å². The van der Waals surface area contributed by atoms with Gasteiger partial charge < -0.3 is 14.8 Å². The summed E-state index contributed by atoms with van der Waals surface area (Å²) in [7, 11) is 0. The Labute approximate surface area is 212 Å². The van der Waals surface area contributed by atoms with Crippen LogP contribution in [0.1, 0.15) is 27.0 Å². The van der Waals surface area contributed by atoms with E-state index < -0.39 is 0 Å². The van der Waals surface area contributed by atoms with E-state index in [0.717, 1.165) is 39.8 Å². The van der Waals surface area contributed by atoms with Gasteiger partial charge in [-0.05, 0) is 36.6 Å². The summed E-state index contributed by atoms with van der Waals surface area (Å²) in [6, 6.07) is 24.4. The van der Waals surface area contributed by atoms with Crippen LogP contribution in [0.3, 0.4) is 0 Å². The van der Waals surface area contributed by atoms with Crippen LogP contribution < -0.4 is 5.32 Å². The lowest BCUT2D eigenvalue weighted by molar-refractivity contribution is -0.117. The Morgan fingerprint density at radius 3 is 2.19 bits per heavy atom. The number of aromatic nitrogens is 1. The van der Waals surface area contributed by atoms with Gasteiger partial charge in [-0.2, -0.15) is 0 Å². The Bertz CT molecular complexity index is 1360. The predicted octanol–water partition coefficient (Wildman–Crippen LogP) is 4.70. The van der Waals surface area contributed by atoms with Crippen LogP contribution in [0.15, 0.2) is 79.0 Å². The average Bonchev–Trinajstić information content (AvgIpc) is 3.25. The van der Waals surface area contributed by atoms with Crippen LogP contribution in [-0.4, -0.2) is 58.9 Å². The molecule has 0 saturated carbocycles. The fourth-order valence-corrected chi connectivity index (χ4v) is 5.00. The molecule has 2 heterocycles. The number of nitrogens with zero attached hydrogens (tertiary/aromatic N) is 3. The van der Waals surface area contributed by atoms with Gasteiger partial charge in [0.05, 0.1) is 12.1 Å². The summed E-state index contributed by atoms with van der Waals surface area (Å²) in [5.74, 6) is 0.0359. The lowest BCUT2D eigenvalue weighted by Crippen LogP contribution is -2.50. The topological polar surface area (TPSA) is 57.6 Å². The number of carbonyl (C=O) groups excluding carboxylic acids is 2. The third kappa shape index (κ3) is 5.04. The summed E-state index contributed by atoms with van der Waals surface area (Å²) in [5.41, 5.74) is 6.01. The molecule has 1 aliphatic heterocycles. The van der Waals surface area contributed by atoms with Crippen molar-refractivity contribution in [3.05, 3.63) is 101 Å². The summed E-state index contributed by atoms with van der Waals surface area (Å²) in [6.07, 6.45) is 1.99. The fraction of sp³-hybridized carbons (Fsp3) is 0.267. The first-order valence-corrected chi connectivity index (χ1v) is 12.5. The molecule has 1 N–H and O–H groups in total. The Balaban J connectivity index is 1.23. The number of carbonyl (C=O) groups is 2. The van der Waals surface area contributed by atoms with Crippen molar-refractivity contribution >= 4 is 28.4 Å². The van der Waals surface area contributed by atoms with E-state index in [0.29, 0.717) is 32.7 Å². The highest BCUT2D eigenvalue weighted by atomic mass is 16.2. The molecular weight excluding hydrogens is 448 g/mol. The quantitative estimate of drug-likeness (QED) is 0.435. The second-order valence-electron chi connectivity index (χ2n) is 9.56. The highest BCUT2D eigenvalue weighted by Gasteiger charge is 2.26. The molecule has 0 bridgehead atoms. The van der Waals surface area contributed by atoms with Gasteiger partial charge >= 0.3 is 0 Å². The van der Waals surface area contributed by atoms with Crippen molar-refractivity contribution in [1.29, 1.82) is 0 Å². The minimum Gasteiger partial charge on any atom is -0.342 e. The fourth-order valence-electron chi connectivity index (χ4n) is 5.00. The minimum absolute atomic E-state index is 0.0174. The number of piperazine rings is 1. The molecule has 0 unspecified atom stereocenters. The highest BCUT2D eigenvalue weighted by Crippen LogP contribution is 2.24. The standard InChI is InChI=1S/C30H32N4O2/c1-22-9-8-10-23(2)29(22)31-28(35)21-32-15-17-33(18-16-32)30(36)26-20-34(19-24-11-4-3-5-12-24)27-14-7-6-13-25(26)27/h3-14,20H,15-19,21H2,1-2H3,(H,31,35). The molecule has 4 aromatic rings. The van der Waals surface area contributed by atoms with Gasteiger partial charge in [-0.1, -0.05) is 66.7 Å². The van der Waals surface area contributed by atoms with E-state index in [4.69, 9.17) is 0 Å². The second-order valence-corrected chi connectivity index (χ2v) is 9.56. The van der Waals surface area contributed by atoms with Gasteiger partial charge in [0, 0.05) is 55.5 Å². The van der Waals surface area contributed by atoms with Crippen molar-refractivity contribution in [2.24, 2.45) is 0 Å². The first-order valence-electron chi connectivity index (χ1n) is 12.5. The maximum atomic E-state index is 13.5. The normalized spacial score (nSPS) is 14.2. The van der Waals surface area contributed by atoms with Crippen LogP contribution in [0.2, 0.25) is 0 Å². The monoisotopic (exact) mass is 480 g/mol. The molecule has 1 aliphatic rings. The van der Waals surface area contributed by atoms with Gasteiger partial charge in [-0.25, -0.2) is 0 Å². The molecule has 6 nitrogen and oxygen atoms in total. The van der Waals surface area contributed by atoms with Gasteiger partial charge in [0.2, 0.25) is 5.91 Å². The summed E-state index contributed by atoms with van der Waals surface area (Å²) >= 11 is 0. The Kier molecular flexibility index (Phi) is 6.87. The summed E-state index contributed by atoms with van der Waals surface area (Å²) in [5, 5.41) is 4.04. The largest absolute Gasteiger partial charge is 0.342 e. The molecule has 0 atom stereocenters. The van der Waals surface area contributed by atoms with Crippen LogP contribution >= 0.6 is 0 Å². The molecule has 0 aliphatic carbocycles. The van der Waals surface area contributed by atoms with Crippen LogP contribution in [0.4, 0.5) is 5.69 Å². The number of fused-ring (bicyclic) bond motifs is 1. The molecule has 0 radical (unpaired) electrons. The SMILES string of the molecule is Cc1cccc(C)c1NC(=O)CN1CCN(C(=O)c2cn(Cc3ccccc3)c3ccccc23)CC1. The number of benzene rings is 3. The molecule has 1 aromatic heterocycles. The molecule has 1 saturated heterocycles.